The molecule has 1 aliphatic rings. The Balaban J connectivity index is 1.37. The summed E-state index contributed by atoms with van der Waals surface area (Å²) in [4.78, 5) is 20.2. The Kier molecular flexibility index (Phi) is 6.20. The van der Waals surface area contributed by atoms with Gasteiger partial charge in [-0.15, -0.1) is 11.3 Å². The van der Waals surface area contributed by atoms with Gasteiger partial charge in [0.25, 0.3) is 0 Å². The van der Waals surface area contributed by atoms with E-state index < -0.39 is 17.6 Å². The van der Waals surface area contributed by atoms with Gasteiger partial charge in [0.15, 0.2) is 5.13 Å². The Morgan fingerprint density at radius 3 is 2.74 bits per heavy atom. The third-order valence-electron chi connectivity index (χ3n) is 4.93. The molecule has 0 radical (unpaired) electrons. The third-order valence-corrected chi connectivity index (χ3v) is 5.93. The number of alkyl halides is 3. The third kappa shape index (κ3) is 5.59. The number of hydrogen-bond acceptors (Lipinski definition) is 4. The number of aromatic nitrogens is 1. The summed E-state index contributed by atoms with van der Waals surface area (Å²) in [5, 5.41) is 3.22. The molecule has 1 N–H and O–H groups in total. The van der Waals surface area contributed by atoms with Crippen LogP contribution < -0.4 is 5.32 Å². The number of halogens is 3. The van der Waals surface area contributed by atoms with E-state index in [1.165, 1.54) is 41.2 Å². The molecule has 31 heavy (non-hydrogen) atoms. The van der Waals surface area contributed by atoms with Crippen molar-refractivity contribution in [1.29, 1.82) is 0 Å². The van der Waals surface area contributed by atoms with Crippen molar-refractivity contribution in [3.05, 3.63) is 87.9 Å². The number of carbonyl (C=O) groups excluding carboxylic acids is 1. The van der Waals surface area contributed by atoms with Crippen LogP contribution in [0.3, 0.4) is 0 Å². The maximum Gasteiger partial charge on any atom is 0.416 e. The number of nitrogens with one attached hydrogen (secondary N) is 1. The maximum absolute atomic E-state index is 12.8. The van der Waals surface area contributed by atoms with E-state index in [1.807, 2.05) is 18.2 Å². The molecule has 0 aliphatic carbocycles. The van der Waals surface area contributed by atoms with Crippen LogP contribution in [0.25, 0.3) is 6.08 Å². The Labute approximate surface area is 182 Å². The minimum Gasteiger partial charge on any atom is -0.298 e. The van der Waals surface area contributed by atoms with Crippen LogP contribution in [0.15, 0.2) is 60.7 Å². The highest BCUT2D eigenvalue weighted by Crippen LogP contribution is 2.30. The van der Waals surface area contributed by atoms with E-state index in [4.69, 9.17) is 0 Å². The van der Waals surface area contributed by atoms with Gasteiger partial charge >= 0.3 is 6.18 Å². The fourth-order valence-corrected chi connectivity index (χ4v) is 4.47. The number of carbonyl (C=O) groups is 1. The lowest BCUT2D eigenvalue weighted by Crippen LogP contribution is -2.29. The fraction of sp³-hybridized carbons (Fsp3) is 0.217. The summed E-state index contributed by atoms with van der Waals surface area (Å²) in [5.41, 5.74) is 1.80. The van der Waals surface area contributed by atoms with Gasteiger partial charge in [-0.3, -0.25) is 15.0 Å². The monoisotopic (exact) mass is 443 g/mol. The summed E-state index contributed by atoms with van der Waals surface area (Å²) in [6, 6.07) is 15.1. The second kappa shape index (κ2) is 9.03. The molecule has 1 aliphatic heterocycles. The number of rotatable bonds is 5. The Hall–Kier alpha value is -2.97. The van der Waals surface area contributed by atoms with E-state index >= 15 is 0 Å². The summed E-state index contributed by atoms with van der Waals surface area (Å²) in [7, 11) is 0. The van der Waals surface area contributed by atoms with E-state index in [1.54, 1.807) is 0 Å². The molecule has 4 rings (SSSR count). The van der Waals surface area contributed by atoms with Crippen molar-refractivity contribution in [1.82, 2.24) is 9.88 Å². The number of thiazole rings is 1. The van der Waals surface area contributed by atoms with Crippen molar-refractivity contribution in [3.8, 4) is 0 Å². The second-order valence-corrected chi connectivity index (χ2v) is 8.36. The average Bonchev–Trinajstić information content (AvgIpc) is 3.14. The highest BCUT2D eigenvalue weighted by atomic mass is 32.1. The number of anilines is 1. The molecular weight excluding hydrogens is 423 g/mol. The molecule has 1 aromatic heterocycles. The molecule has 0 unspecified atom stereocenters. The van der Waals surface area contributed by atoms with Crippen molar-refractivity contribution in [2.75, 3.05) is 11.9 Å². The number of hydrogen-bond donors (Lipinski definition) is 1. The zero-order chi connectivity index (χ0) is 21.8. The van der Waals surface area contributed by atoms with Crippen LogP contribution in [0, 0.1) is 0 Å². The Morgan fingerprint density at radius 2 is 1.97 bits per heavy atom. The van der Waals surface area contributed by atoms with E-state index in [0.717, 1.165) is 48.8 Å². The largest absolute Gasteiger partial charge is 0.416 e. The van der Waals surface area contributed by atoms with Gasteiger partial charge in [0.1, 0.15) is 0 Å². The molecule has 160 valence electrons. The molecule has 2 aromatic carbocycles. The van der Waals surface area contributed by atoms with Crippen LogP contribution in [0.5, 0.6) is 0 Å². The Bertz CT molecular complexity index is 1090. The standard InChI is InChI=1S/C23H20F3N3OS/c24-23(25,26)18-8-4-7-16(13-18)9-10-21(30)28-22-27-19-11-12-29(15-20(19)31-22)14-17-5-2-1-3-6-17/h1-10,13H,11-12,14-15H2,(H,27,28,30)/b10-9+. The van der Waals surface area contributed by atoms with Gasteiger partial charge in [-0.2, -0.15) is 13.2 Å². The number of nitrogens with zero attached hydrogens (tertiary/aromatic N) is 2. The zero-order valence-electron chi connectivity index (χ0n) is 16.5. The summed E-state index contributed by atoms with van der Waals surface area (Å²) < 4.78 is 38.4. The number of amides is 1. The van der Waals surface area contributed by atoms with Gasteiger partial charge in [0.05, 0.1) is 11.3 Å². The van der Waals surface area contributed by atoms with Gasteiger partial charge in [-0.1, -0.05) is 42.5 Å². The summed E-state index contributed by atoms with van der Waals surface area (Å²) in [6.07, 6.45) is -1.02. The molecule has 0 fully saturated rings. The van der Waals surface area contributed by atoms with E-state index in [0.29, 0.717) is 10.7 Å². The normalized spacial score (nSPS) is 14.5. The molecule has 0 spiro atoms. The first-order valence-corrected chi connectivity index (χ1v) is 10.6. The molecule has 0 saturated carbocycles. The van der Waals surface area contributed by atoms with Gasteiger partial charge in [-0.05, 0) is 29.3 Å². The van der Waals surface area contributed by atoms with Gasteiger partial charge in [0, 0.05) is 37.0 Å². The molecule has 3 aromatic rings. The van der Waals surface area contributed by atoms with Crippen molar-refractivity contribution < 1.29 is 18.0 Å². The van der Waals surface area contributed by atoms with Crippen LogP contribution in [-0.4, -0.2) is 22.3 Å². The van der Waals surface area contributed by atoms with E-state index in [-0.39, 0.29) is 0 Å². The zero-order valence-corrected chi connectivity index (χ0v) is 17.3. The molecule has 0 atom stereocenters. The number of fused-ring (bicyclic) bond motifs is 1. The van der Waals surface area contributed by atoms with Gasteiger partial charge < -0.3 is 0 Å². The van der Waals surface area contributed by atoms with E-state index in [2.05, 4.69) is 27.3 Å². The first-order valence-electron chi connectivity index (χ1n) is 9.78. The predicted octanol–water partition coefficient (Wildman–Crippen LogP) is 5.37. The van der Waals surface area contributed by atoms with Crippen molar-refractivity contribution in [2.45, 2.75) is 25.7 Å². The van der Waals surface area contributed by atoms with Crippen LogP contribution in [0.4, 0.5) is 18.3 Å². The van der Waals surface area contributed by atoms with Crippen LogP contribution in [0.2, 0.25) is 0 Å². The minimum absolute atomic E-state index is 0.306. The van der Waals surface area contributed by atoms with Crippen LogP contribution in [-0.2, 0) is 30.5 Å². The van der Waals surface area contributed by atoms with Crippen LogP contribution >= 0.6 is 11.3 Å². The predicted molar refractivity (Wildman–Crippen MR) is 115 cm³/mol. The fourth-order valence-electron chi connectivity index (χ4n) is 3.42. The highest BCUT2D eigenvalue weighted by molar-refractivity contribution is 7.15. The van der Waals surface area contributed by atoms with Gasteiger partial charge in [0.2, 0.25) is 5.91 Å². The molecule has 4 nitrogen and oxygen atoms in total. The SMILES string of the molecule is O=C(/C=C/c1cccc(C(F)(F)F)c1)Nc1nc2c(s1)CN(Cc1ccccc1)CC2. The maximum atomic E-state index is 12.8. The van der Waals surface area contributed by atoms with Crippen molar-refractivity contribution in [3.63, 3.8) is 0 Å². The molecule has 0 bridgehead atoms. The molecular formula is C23H20F3N3OS. The van der Waals surface area contributed by atoms with Crippen LogP contribution in [0.1, 0.15) is 27.3 Å². The first kappa shape index (κ1) is 21.3. The summed E-state index contributed by atoms with van der Waals surface area (Å²) in [6.45, 7) is 2.53. The summed E-state index contributed by atoms with van der Waals surface area (Å²) in [5.74, 6) is -0.426. The molecule has 1 amide bonds. The average molecular weight is 443 g/mol. The smallest absolute Gasteiger partial charge is 0.298 e. The Morgan fingerprint density at radius 1 is 1.16 bits per heavy atom. The minimum atomic E-state index is -4.42. The van der Waals surface area contributed by atoms with Gasteiger partial charge in [-0.25, -0.2) is 4.98 Å². The van der Waals surface area contributed by atoms with Crippen molar-refractivity contribution >= 4 is 28.5 Å². The molecule has 0 saturated heterocycles. The second-order valence-electron chi connectivity index (χ2n) is 7.28. The molecule has 8 heteroatoms. The highest BCUT2D eigenvalue weighted by Gasteiger charge is 2.30. The molecule has 2 heterocycles. The quantitative estimate of drug-likeness (QED) is 0.539. The van der Waals surface area contributed by atoms with E-state index in [9.17, 15) is 18.0 Å². The lowest BCUT2D eigenvalue weighted by molar-refractivity contribution is -0.137. The number of benzene rings is 2. The first-order chi connectivity index (χ1) is 14.9. The van der Waals surface area contributed by atoms with Crippen molar-refractivity contribution in [2.24, 2.45) is 0 Å². The lowest BCUT2D eigenvalue weighted by atomic mass is 10.1. The lowest BCUT2D eigenvalue weighted by Gasteiger charge is -2.25. The summed E-state index contributed by atoms with van der Waals surface area (Å²) >= 11 is 1.44. The topological polar surface area (TPSA) is 45.2 Å².